The Balaban J connectivity index is 1.77. The van der Waals surface area contributed by atoms with Gasteiger partial charge in [-0.1, -0.05) is 0 Å². The van der Waals surface area contributed by atoms with Crippen molar-refractivity contribution < 1.29 is 19.1 Å². The van der Waals surface area contributed by atoms with E-state index < -0.39 is 0 Å². The van der Waals surface area contributed by atoms with Gasteiger partial charge in [-0.3, -0.25) is 9.59 Å². The average Bonchev–Trinajstić information content (AvgIpc) is 2.82. The molecule has 4 heteroatoms. The predicted molar refractivity (Wildman–Crippen MR) is 72.3 cm³/mol. The van der Waals surface area contributed by atoms with E-state index in [9.17, 15) is 9.59 Å². The van der Waals surface area contributed by atoms with E-state index in [2.05, 4.69) is 0 Å². The van der Waals surface area contributed by atoms with E-state index in [1.807, 2.05) is 13.8 Å². The van der Waals surface area contributed by atoms with E-state index in [0.717, 1.165) is 24.2 Å². The van der Waals surface area contributed by atoms with Crippen LogP contribution in [0.25, 0.3) is 0 Å². The predicted octanol–water partition coefficient (Wildman–Crippen LogP) is 2.53. The summed E-state index contributed by atoms with van der Waals surface area (Å²) in [5, 5.41) is 0. The highest BCUT2D eigenvalue weighted by atomic mass is 16.5. The lowest BCUT2D eigenvalue weighted by atomic mass is 9.88. The summed E-state index contributed by atoms with van der Waals surface area (Å²) in [5.74, 6) is 3.11. The van der Waals surface area contributed by atoms with Crippen molar-refractivity contribution in [1.82, 2.24) is 0 Å². The van der Waals surface area contributed by atoms with Gasteiger partial charge in [0.1, 0.15) is 5.76 Å². The van der Waals surface area contributed by atoms with Gasteiger partial charge in [-0.2, -0.15) is 0 Å². The molecule has 0 aliphatic heterocycles. The highest BCUT2D eigenvalue weighted by molar-refractivity contribution is 5.74. The van der Waals surface area contributed by atoms with E-state index in [1.54, 1.807) is 0 Å². The molecule has 6 atom stereocenters. The lowest BCUT2D eigenvalue weighted by molar-refractivity contribution is -0.147. The third kappa shape index (κ3) is 1.88. The van der Waals surface area contributed by atoms with Gasteiger partial charge in [-0.05, 0) is 55.9 Å². The number of ether oxygens (including phenoxy) is 2. The minimum Gasteiger partial charge on any atom is -0.469 e. The first-order valence-corrected chi connectivity index (χ1v) is 7.39. The average molecular weight is 278 g/mol. The van der Waals surface area contributed by atoms with E-state index in [0.29, 0.717) is 29.6 Å². The van der Waals surface area contributed by atoms with Crippen molar-refractivity contribution in [3.05, 3.63) is 11.3 Å². The maximum absolute atomic E-state index is 11.8. The molecule has 0 N–H and O–H groups in total. The summed E-state index contributed by atoms with van der Waals surface area (Å²) in [4.78, 5) is 23.1. The number of hydrogen-bond donors (Lipinski definition) is 0. The second-order valence-corrected chi connectivity index (χ2v) is 6.66. The lowest BCUT2D eigenvalue weighted by Gasteiger charge is -2.18. The fraction of sp³-hybridized carbons (Fsp3) is 0.750. The lowest BCUT2D eigenvalue weighted by Crippen LogP contribution is -2.23. The first-order chi connectivity index (χ1) is 9.45. The largest absolute Gasteiger partial charge is 0.469 e. The fourth-order valence-electron chi connectivity index (χ4n) is 4.80. The number of allylic oxidation sites excluding steroid dienone is 2. The smallest absolute Gasteiger partial charge is 0.308 e. The van der Waals surface area contributed by atoms with Crippen LogP contribution in [0.4, 0.5) is 0 Å². The number of rotatable bonds is 3. The van der Waals surface area contributed by atoms with Gasteiger partial charge in [0.2, 0.25) is 0 Å². The van der Waals surface area contributed by atoms with E-state index in [-0.39, 0.29) is 17.9 Å². The molecule has 0 saturated heterocycles. The molecule has 20 heavy (non-hydrogen) atoms. The molecule has 110 valence electrons. The molecule has 0 unspecified atom stereocenters. The molecule has 0 aromatic heterocycles. The quantitative estimate of drug-likeness (QED) is 0.588. The van der Waals surface area contributed by atoms with E-state index in [4.69, 9.17) is 9.47 Å². The Morgan fingerprint density at radius 3 is 2.30 bits per heavy atom. The van der Waals surface area contributed by atoms with E-state index in [1.165, 1.54) is 14.0 Å². The summed E-state index contributed by atoms with van der Waals surface area (Å²) in [6.45, 7) is 5.44. The molecule has 0 aromatic carbocycles. The molecule has 0 amide bonds. The summed E-state index contributed by atoms with van der Waals surface area (Å²) in [6, 6.07) is 0. The number of esters is 2. The Morgan fingerprint density at radius 1 is 1.05 bits per heavy atom. The Bertz CT molecular complexity index is 489. The van der Waals surface area contributed by atoms with Crippen LogP contribution in [0.15, 0.2) is 11.3 Å². The van der Waals surface area contributed by atoms with Crippen molar-refractivity contribution in [2.75, 3.05) is 7.11 Å². The highest BCUT2D eigenvalue weighted by Crippen LogP contribution is 2.73. The summed E-state index contributed by atoms with van der Waals surface area (Å²) < 4.78 is 10.4. The van der Waals surface area contributed by atoms with E-state index >= 15 is 0 Å². The molecule has 3 aliphatic carbocycles. The number of methoxy groups -OCH3 is 1. The Kier molecular flexibility index (Phi) is 3.14. The normalized spacial score (nSPS) is 40.0. The van der Waals surface area contributed by atoms with Crippen LogP contribution < -0.4 is 0 Å². The number of carbonyl (C=O) groups excluding carboxylic acids is 2. The zero-order chi connectivity index (χ0) is 14.6. The first-order valence-electron chi connectivity index (χ1n) is 7.39. The van der Waals surface area contributed by atoms with Crippen molar-refractivity contribution in [3.63, 3.8) is 0 Å². The minimum absolute atomic E-state index is 0.0620. The molecule has 0 heterocycles. The molecule has 3 fully saturated rings. The zero-order valence-corrected chi connectivity index (χ0v) is 12.5. The maximum atomic E-state index is 11.8. The summed E-state index contributed by atoms with van der Waals surface area (Å²) in [5.41, 5.74) is 1.08. The van der Waals surface area contributed by atoms with Crippen LogP contribution in [0.3, 0.4) is 0 Å². The van der Waals surface area contributed by atoms with Crippen LogP contribution in [-0.4, -0.2) is 19.0 Å². The number of fused-ring (bicyclic) bond motifs is 5. The molecule has 3 aliphatic rings. The SMILES string of the molecule is COC(=O)[C@@H]1C[C@H]2C[C@@H]1[C@@H]1[C@@H](C(OC(C)=O)=C(C)C)[C@H]21. The standard InChI is InChI=1S/C16H22O4/c1-7(2)15(20-8(3)17)14-12-9-5-10(13(12)14)11(6-9)16(18)19-4/h9-14H,5-6H2,1-4H3/t9-,10+,11-,12-,13+,14+/m1/s1. The van der Waals surface area contributed by atoms with Crippen molar-refractivity contribution in [3.8, 4) is 0 Å². The number of hydrogen-bond acceptors (Lipinski definition) is 4. The van der Waals surface area contributed by atoms with Crippen molar-refractivity contribution in [1.29, 1.82) is 0 Å². The van der Waals surface area contributed by atoms with Gasteiger partial charge >= 0.3 is 11.9 Å². The Labute approximate surface area is 119 Å². The van der Waals surface area contributed by atoms with Gasteiger partial charge in [-0.15, -0.1) is 0 Å². The second kappa shape index (κ2) is 4.61. The van der Waals surface area contributed by atoms with Crippen LogP contribution in [0.1, 0.15) is 33.6 Å². The molecule has 2 bridgehead atoms. The third-order valence-electron chi connectivity index (χ3n) is 5.37. The molecule has 4 nitrogen and oxygen atoms in total. The summed E-state index contributed by atoms with van der Waals surface area (Å²) in [6.07, 6.45) is 2.09. The van der Waals surface area contributed by atoms with Gasteiger partial charge in [0.25, 0.3) is 0 Å². The zero-order valence-electron chi connectivity index (χ0n) is 12.5. The maximum Gasteiger partial charge on any atom is 0.308 e. The van der Waals surface area contributed by atoms with Crippen molar-refractivity contribution in [2.45, 2.75) is 33.6 Å². The topological polar surface area (TPSA) is 52.6 Å². The van der Waals surface area contributed by atoms with Gasteiger partial charge in [0.05, 0.1) is 13.0 Å². The van der Waals surface area contributed by atoms with Crippen molar-refractivity contribution >= 4 is 11.9 Å². The molecular formula is C16H22O4. The van der Waals surface area contributed by atoms with Crippen LogP contribution in [0.5, 0.6) is 0 Å². The molecule has 0 radical (unpaired) electrons. The van der Waals surface area contributed by atoms with Crippen molar-refractivity contribution in [2.24, 2.45) is 35.5 Å². The first kappa shape index (κ1) is 13.7. The molecular weight excluding hydrogens is 256 g/mol. The highest BCUT2D eigenvalue weighted by Gasteiger charge is 2.70. The summed E-state index contributed by atoms with van der Waals surface area (Å²) in [7, 11) is 1.47. The Morgan fingerprint density at radius 2 is 1.75 bits per heavy atom. The monoisotopic (exact) mass is 278 g/mol. The van der Waals surface area contributed by atoms with Gasteiger partial charge in [0, 0.05) is 12.8 Å². The van der Waals surface area contributed by atoms with Crippen LogP contribution in [-0.2, 0) is 19.1 Å². The van der Waals surface area contributed by atoms with Crippen LogP contribution in [0.2, 0.25) is 0 Å². The van der Waals surface area contributed by atoms with Gasteiger partial charge < -0.3 is 9.47 Å². The number of carbonyl (C=O) groups is 2. The Hall–Kier alpha value is -1.32. The van der Waals surface area contributed by atoms with Crippen LogP contribution in [0, 0.1) is 35.5 Å². The third-order valence-corrected chi connectivity index (χ3v) is 5.37. The molecule has 0 aromatic rings. The minimum atomic E-state index is -0.247. The molecule has 3 saturated carbocycles. The fourth-order valence-corrected chi connectivity index (χ4v) is 4.80. The summed E-state index contributed by atoms with van der Waals surface area (Å²) >= 11 is 0. The molecule has 0 spiro atoms. The van der Waals surface area contributed by atoms with Gasteiger partial charge in [-0.25, -0.2) is 0 Å². The second-order valence-electron chi connectivity index (χ2n) is 6.66. The van der Waals surface area contributed by atoms with Gasteiger partial charge in [0.15, 0.2) is 0 Å². The molecule has 3 rings (SSSR count). The van der Waals surface area contributed by atoms with Crippen LogP contribution >= 0.6 is 0 Å².